The number of hydrogen-bond donors (Lipinski definition) is 1. The van der Waals surface area contributed by atoms with E-state index in [9.17, 15) is 9.59 Å². The number of nitrogens with zero attached hydrogens (tertiary/aromatic N) is 3. The van der Waals surface area contributed by atoms with Crippen molar-refractivity contribution >= 4 is 11.9 Å². The van der Waals surface area contributed by atoms with Gasteiger partial charge in [0, 0.05) is 37.9 Å². The van der Waals surface area contributed by atoms with E-state index in [1.54, 1.807) is 12.5 Å². The van der Waals surface area contributed by atoms with Crippen molar-refractivity contribution in [2.24, 2.45) is 5.92 Å². The van der Waals surface area contributed by atoms with E-state index < -0.39 is 5.97 Å². The summed E-state index contributed by atoms with van der Waals surface area (Å²) in [5.74, 6) is -0.379. The van der Waals surface area contributed by atoms with Crippen molar-refractivity contribution in [3.05, 3.63) is 54.1 Å². The molecule has 26 heavy (non-hydrogen) atoms. The maximum Gasteiger partial charge on any atom is 0.303 e. The van der Waals surface area contributed by atoms with Gasteiger partial charge < -0.3 is 14.6 Å². The molecule has 0 aliphatic carbocycles. The molecule has 1 fully saturated rings. The molecule has 2 aromatic rings. The first-order valence-corrected chi connectivity index (χ1v) is 9.14. The molecular weight excluding hydrogens is 330 g/mol. The monoisotopic (exact) mass is 355 g/mol. The van der Waals surface area contributed by atoms with Gasteiger partial charge in [-0.1, -0.05) is 30.3 Å². The molecule has 1 saturated heterocycles. The SMILES string of the molecule is O=C(O)CCC1CCCN(C(=O)Cc2cncn2Cc2ccccc2)C1. The number of carboxylic acid groups (broad SMARTS) is 1. The summed E-state index contributed by atoms with van der Waals surface area (Å²) in [5, 5.41) is 8.85. The maximum atomic E-state index is 12.7. The fourth-order valence-electron chi connectivity index (χ4n) is 3.54. The van der Waals surface area contributed by atoms with Crippen LogP contribution >= 0.6 is 0 Å². The van der Waals surface area contributed by atoms with E-state index in [4.69, 9.17) is 5.11 Å². The lowest BCUT2D eigenvalue weighted by Gasteiger charge is -2.32. The molecule has 0 spiro atoms. The zero-order chi connectivity index (χ0) is 18.4. The first kappa shape index (κ1) is 18.2. The van der Waals surface area contributed by atoms with E-state index in [0.29, 0.717) is 25.9 Å². The van der Waals surface area contributed by atoms with Crippen molar-refractivity contribution in [3.8, 4) is 0 Å². The molecule has 6 heteroatoms. The number of likely N-dealkylation sites (tertiary alicyclic amines) is 1. The molecule has 1 aliphatic rings. The van der Waals surface area contributed by atoms with Gasteiger partial charge in [0.2, 0.25) is 5.91 Å². The summed E-state index contributed by atoms with van der Waals surface area (Å²) in [6.45, 7) is 2.12. The van der Waals surface area contributed by atoms with Crippen molar-refractivity contribution < 1.29 is 14.7 Å². The van der Waals surface area contributed by atoms with Gasteiger partial charge in [0.25, 0.3) is 0 Å². The predicted molar refractivity (Wildman–Crippen MR) is 97.6 cm³/mol. The van der Waals surface area contributed by atoms with Crippen LogP contribution in [0.4, 0.5) is 0 Å². The summed E-state index contributed by atoms with van der Waals surface area (Å²) < 4.78 is 2.01. The normalized spacial score (nSPS) is 17.2. The Balaban J connectivity index is 1.58. The summed E-state index contributed by atoms with van der Waals surface area (Å²) in [6, 6.07) is 10.1. The van der Waals surface area contributed by atoms with Gasteiger partial charge in [-0.25, -0.2) is 4.98 Å². The van der Waals surface area contributed by atoms with Gasteiger partial charge in [0.1, 0.15) is 0 Å². The van der Waals surface area contributed by atoms with Crippen LogP contribution in [0.2, 0.25) is 0 Å². The lowest BCUT2D eigenvalue weighted by molar-refractivity contribution is -0.137. The number of amides is 1. The number of imidazole rings is 1. The van der Waals surface area contributed by atoms with E-state index >= 15 is 0 Å². The maximum absolute atomic E-state index is 12.7. The van der Waals surface area contributed by atoms with E-state index in [-0.39, 0.29) is 18.2 Å². The standard InChI is InChI=1S/C20H25N3O3/c24-19(22-10-4-7-17(13-22)8-9-20(25)26)11-18-12-21-15-23(18)14-16-5-2-1-3-6-16/h1-3,5-6,12,15,17H,4,7-11,13-14H2,(H,25,26). The van der Waals surface area contributed by atoms with Crippen LogP contribution in [0, 0.1) is 5.92 Å². The Labute approximate surface area is 153 Å². The van der Waals surface area contributed by atoms with Crippen LogP contribution in [0.25, 0.3) is 0 Å². The summed E-state index contributed by atoms with van der Waals surface area (Å²) >= 11 is 0. The van der Waals surface area contributed by atoms with Gasteiger partial charge in [-0.2, -0.15) is 0 Å². The zero-order valence-electron chi connectivity index (χ0n) is 14.9. The average Bonchev–Trinajstić information content (AvgIpc) is 3.07. The molecule has 0 radical (unpaired) electrons. The van der Waals surface area contributed by atoms with Crippen LogP contribution in [0.3, 0.4) is 0 Å². The summed E-state index contributed by atoms with van der Waals surface area (Å²) in [6.07, 6.45) is 6.62. The van der Waals surface area contributed by atoms with E-state index in [2.05, 4.69) is 17.1 Å². The first-order chi connectivity index (χ1) is 12.6. The van der Waals surface area contributed by atoms with Crippen LogP contribution in [-0.4, -0.2) is 44.5 Å². The first-order valence-electron chi connectivity index (χ1n) is 9.14. The Kier molecular flexibility index (Phi) is 6.04. The molecule has 3 rings (SSSR count). The lowest BCUT2D eigenvalue weighted by atomic mass is 9.93. The van der Waals surface area contributed by atoms with Crippen molar-refractivity contribution in [1.82, 2.24) is 14.5 Å². The minimum absolute atomic E-state index is 0.0971. The second-order valence-electron chi connectivity index (χ2n) is 6.96. The van der Waals surface area contributed by atoms with Crippen LogP contribution in [0.5, 0.6) is 0 Å². The number of benzene rings is 1. The van der Waals surface area contributed by atoms with Crippen molar-refractivity contribution in [2.75, 3.05) is 13.1 Å². The molecule has 1 amide bonds. The molecule has 0 bridgehead atoms. The highest BCUT2D eigenvalue weighted by atomic mass is 16.4. The second kappa shape index (κ2) is 8.65. The third kappa shape index (κ3) is 4.94. The Morgan fingerprint density at radius 1 is 1.23 bits per heavy atom. The number of rotatable bonds is 7. The lowest BCUT2D eigenvalue weighted by Crippen LogP contribution is -2.41. The van der Waals surface area contributed by atoms with Gasteiger partial charge in [-0.05, 0) is 30.7 Å². The van der Waals surface area contributed by atoms with E-state index in [1.165, 1.54) is 5.56 Å². The predicted octanol–water partition coefficient (Wildman–Crippen LogP) is 2.58. The van der Waals surface area contributed by atoms with Crippen molar-refractivity contribution in [1.29, 1.82) is 0 Å². The molecule has 6 nitrogen and oxygen atoms in total. The number of carbonyl (C=O) groups excluding carboxylic acids is 1. The number of carbonyl (C=O) groups is 2. The Hall–Kier alpha value is -2.63. The van der Waals surface area contributed by atoms with Gasteiger partial charge >= 0.3 is 5.97 Å². The Morgan fingerprint density at radius 3 is 2.81 bits per heavy atom. The van der Waals surface area contributed by atoms with E-state index in [1.807, 2.05) is 27.7 Å². The molecule has 1 unspecified atom stereocenters. The molecule has 138 valence electrons. The van der Waals surface area contributed by atoms with E-state index in [0.717, 1.165) is 25.1 Å². The van der Waals surface area contributed by atoms with Gasteiger partial charge in [0.15, 0.2) is 0 Å². The molecule has 0 saturated carbocycles. The average molecular weight is 355 g/mol. The van der Waals surface area contributed by atoms with Crippen LogP contribution in [0.1, 0.15) is 36.9 Å². The summed E-state index contributed by atoms with van der Waals surface area (Å²) in [5.41, 5.74) is 2.08. The number of aliphatic carboxylic acids is 1. The highest BCUT2D eigenvalue weighted by Crippen LogP contribution is 2.21. The number of carboxylic acids is 1. The number of aromatic nitrogens is 2. The zero-order valence-corrected chi connectivity index (χ0v) is 14.9. The third-order valence-corrected chi connectivity index (χ3v) is 4.96. The smallest absolute Gasteiger partial charge is 0.303 e. The molecule has 1 aromatic heterocycles. The number of hydrogen-bond acceptors (Lipinski definition) is 3. The fourth-order valence-corrected chi connectivity index (χ4v) is 3.54. The van der Waals surface area contributed by atoms with Crippen LogP contribution in [-0.2, 0) is 22.6 Å². The highest BCUT2D eigenvalue weighted by molar-refractivity contribution is 5.78. The Bertz CT molecular complexity index is 742. The molecule has 1 aliphatic heterocycles. The van der Waals surface area contributed by atoms with Crippen molar-refractivity contribution in [3.63, 3.8) is 0 Å². The molecule has 2 heterocycles. The third-order valence-electron chi connectivity index (χ3n) is 4.96. The molecule has 1 atom stereocenters. The fraction of sp³-hybridized carbons (Fsp3) is 0.450. The summed E-state index contributed by atoms with van der Waals surface area (Å²) in [4.78, 5) is 29.6. The van der Waals surface area contributed by atoms with Gasteiger partial charge in [0.05, 0.1) is 12.7 Å². The van der Waals surface area contributed by atoms with Gasteiger partial charge in [-0.3, -0.25) is 9.59 Å². The largest absolute Gasteiger partial charge is 0.481 e. The topological polar surface area (TPSA) is 75.4 Å². The molecule has 1 aromatic carbocycles. The highest BCUT2D eigenvalue weighted by Gasteiger charge is 2.24. The minimum Gasteiger partial charge on any atom is -0.481 e. The Morgan fingerprint density at radius 2 is 2.04 bits per heavy atom. The molecule has 1 N–H and O–H groups in total. The summed E-state index contributed by atoms with van der Waals surface area (Å²) in [7, 11) is 0. The van der Waals surface area contributed by atoms with Crippen LogP contribution < -0.4 is 0 Å². The second-order valence-corrected chi connectivity index (χ2v) is 6.96. The van der Waals surface area contributed by atoms with Crippen molar-refractivity contribution in [2.45, 2.75) is 38.6 Å². The minimum atomic E-state index is -0.765. The van der Waals surface area contributed by atoms with Crippen LogP contribution in [0.15, 0.2) is 42.9 Å². The quantitative estimate of drug-likeness (QED) is 0.828. The van der Waals surface area contributed by atoms with Gasteiger partial charge in [-0.15, -0.1) is 0 Å². The number of piperidine rings is 1. The molecular formula is C20H25N3O3.